The van der Waals surface area contributed by atoms with Gasteiger partial charge in [0.2, 0.25) is 0 Å². The lowest BCUT2D eigenvalue weighted by Gasteiger charge is -2.34. The van der Waals surface area contributed by atoms with Crippen LogP contribution in [0.3, 0.4) is 0 Å². The highest BCUT2D eigenvalue weighted by atomic mass is 19.1. The molecule has 0 radical (unpaired) electrons. The second-order valence-electron chi connectivity index (χ2n) is 5.29. The quantitative estimate of drug-likeness (QED) is 0.939. The molecule has 0 amide bonds. The molecule has 0 aliphatic carbocycles. The Labute approximate surface area is 122 Å². The Bertz CT molecular complexity index is 654. The maximum absolute atomic E-state index is 13.0. The minimum atomic E-state index is -0.774. The molecule has 3 nitrogen and oxygen atoms in total. The number of para-hydroxylation sites is 1. The van der Waals surface area contributed by atoms with Crippen LogP contribution in [0.1, 0.15) is 23.5 Å². The number of carboxylic acid groups (broad SMARTS) is 1. The second kappa shape index (κ2) is 5.56. The average molecular weight is 285 g/mol. The van der Waals surface area contributed by atoms with Gasteiger partial charge < -0.3 is 10.0 Å². The standard InChI is InChI=1S/C17H16FNO2/c18-13-7-5-12(6-8-13)11-19-10-9-15(17(20)21)14-3-1-2-4-16(14)19/h1-8,15H,9-11H2,(H,20,21). The summed E-state index contributed by atoms with van der Waals surface area (Å²) < 4.78 is 13.0. The molecule has 1 heterocycles. The van der Waals surface area contributed by atoms with E-state index in [0.29, 0.717) is 19.5 Å². The molecule has 2 aromatic rings. The Morgan fingerprint density at radius 3 is 2.62 bits per heavy atom. The summed E-state index contributed by atoms with van der Waals surface area (Å²) >= 11 is 0. The van der Waals surface area contributed by atoms with Crippen molar-refractivity contribution < 1.29 is 14.3 Å². The summed E-state index contributed by atoms with van der Waals surface area (Å²) in [4.78, 5) is 13.5. The van der Waals surface area contributed by atoms with Gasteiger partial charge in [-0.15, -0.1) is 0 Å². The van der Waals surface area contributed by atoms with Gasteiger partial charge >= 0.3 is 5.97 Å². The number of hydrogen-bond acceptors (Lipinski definition) is 2. The van der Waals surface area contributed by atoms with Crippen LogP contribution in [-0.2, 0) is 11.3 Å². The summed E-state index contributed by atoms with van der Waals surface area (Å²) in [5.74, 6) is -1.46. The van der Waals surface area contributed by atoms with E-state index < -0.39 is 11.9 Å². The van der Waals surface area contributed by atoms with Crippen LogP contribution in [0.2, 0.25) is 0 Å². The topological polar surface area (TPSA) is 40.5 Å². The molecule has 108 valence electrons. The van der Waals surface area contributed by atoms with Crippen LogP contribution in [0.4, 0.5) is 10.1 Å². The summed E-state index contributed by atoms with van der Waals surface area (Å²) in [6.07, 6.45) is 0.591. The van der Waals surface area contributed by atoms with Crippen LogP contribution in [0.5, 0.6) is 0 Å². The van der Waals surface area contributed by atoms with E-state index in [2.05, 4.69) is 4.90 Å². The second-order valence-corrected chi connectivity index (χ2v) is 5.29. The number of fused-ring (bicyclic) bond motifs is 1. The molecule has 0 bridgehead atoms. The van der Waals surface area contributed by atoms with Gasteiger partial charge in [0.25, 0.3) is 0 Å². The van der Waals surface area contributed by atoms with E-state index in [1.165, 1.54) is 12.1 Å². The molecule has 0 spiro atoms. The highest BCUT2D eigenvalue weighted by Gasteiger charge is 2.29. The van der Waals surface area contributed by atoms with Crippen LogP contribution in [0.15, 0.2) is 48.5 Å². The molecular formula is C17H16FNO2. The monoisotopic (exact) mass is 285 g/mol. The van der Waals surface area contributed by atoms with Crippen LogP contribution in [0, 0.1) is 5.82 Å². The number of rotatable bonds is 3. The summed E-state index contributed by atoms with van der Waals surface area (Å²) in [6, 6.07) is 14.1. The molecule has 4 heteroatoms. The largest absolute Gasteiger partial charge is 0.481 e. The predicted molar refractivity (Wildman–Crippen MR) is 78.9 cm³/mol. The fraction of sp³-hybridized carbons (Fsp3) is 0.235. The lowest BCUT2D eigenvalue weighted by Crippen LogP contribution is -2.33. The highest BCUT2D eigenvalue weighted by molar-refractivity contribution is 5.80. The van der Waals surface area contributed by atoms with E-state index in [1.807, 2.05) is 24.3 Å². The van der Waals surface area contributed by atoms with Crippen molar-refractivity contribution in [1.29, 1.82) is 0 Å². The van der Waals surface area contributed by atoms with Gasteiger partial charge in [0.15, 0.2) is 0 Å². The fourth-order valence-corrected chi connectivity index (χ4v) is 2.86. The van der Waals surface area contributed by atoms with E-state index in [1.54, 1.807) is 12.1 Å². The molecular weight excluding hydrogens is 269 g/mol. The van der Waals surface area contributed by atoms with Gasteiger partial charge in [-0.2, -0.15) is 0 Å². The van der Waals surface area contributed by atoms with Gasteiger partial charge in [0.1, 0.15) is 5.82 Å². The van der Waals surface area contributed by atoms with Crippen molar-refractivity contribution in [2.45, 2.75) is 18.9 Å². The Morgan fingerprint density at radius 2 is 1.90 bits per heavy atom. The number of benzene rings is 2. The highest BCUT2D eigenvalue weighted by Crippen LogP contribution is 2.36. The number of anilines is 1. The van der Waals surface area contributed by atoms with Crippen LogP contribution >= 0.6 is 0 Å². The average Bonchev–Trinajstić information content (AvgIpc) is 2.49. The van der Waals surface area contributed by atoms with Crippen molar-refractivity contribution in [3.05, 3.63) is 65.5 Å². The molecule has 0 aromatic heterocycles. The maximum Gasteiger partial charge on any atom is 0.311 e. The van der Waals surface area contributed by atoms with E-state index in [9.17, 15) is 14.3 Å². The van der Waals surface area contributed by atoms with Gasteiger partial charge in [-0.3, -0.25) is 4.79 Å². The Hall–Kier alpha value is -2.36. The first-order chi connectivity index (χ1) is 10.1. The first kappa shape index (κ1) is 13.6. The van der Waals surface area contributed by atoms with E-state index in [-0.39, 0.29) is 5.82 Å². The lowest BCUT2D eigenvalue weighted by molar-refractivity contribution is -0.139. The Balaban J connectivity index is 1.89. The van der Waals surface area contributed by atoms with Gasteiger partial charge in [0.05, 0.1) is 5.92 Å². The zero-order valence-corrected chi connectivity index (χ0v) is 11.5. The number of carbonyl (C=O) groups is 1. The molecule has 0 fully saturated rings. The lowest BCUT2D eigenvalue weighted by atomic mass is 9.90. The van der Waals surface area contributed by atoms with Crippen molar-refractivity contribution in [3.8, 4) is 0 Å². The normalized spacial score (nSPS) is 17.4. The van der Waals surface area contributed by atoms with Gasteiger partial charge in [-0.1, -0.05) is 30.3 Å². The summed E-state index contributed by atoms with van der Waals surface area (Å²) in [6.45, 7) is 1.34. The Morgan fingerprint density at radius 1 is 1.19 bits per heavy atom. The van der Waals surface area contributed by atoms with E-state index in [0.717, 1.165) is 16.8 Å². The molecule has 21 heavy (non-hydrogen) atoms. The number of carboxylic acids is 1. The molecule has 1 aliphatic heterocycles. The minimum absolute atomic E-state index is 0.247. The van der Waals surface area contributed by atoms with Gasteiger partial charge in [-0.25, -0.2) is 4.39 Å². The number of nitrogens with zero attached hydrogens (tertiary/aromatic N) is 1. The number of hydrogen-bond donors (Lipinski definition) is 1. The molecule has 2 aromatic carbocycles. The zero-order valence-electron chi connectivity index (χ0n) is 11.5. The molecule has 1 atom stereocenters. The molecule has 0 saturated heterocycles. The van der Waals surface area contributed by atoms with Crippen LogP contribution < -0.4 is 4.90 Å². The van der Waals surface area contributed by atoms with Crippen LogP contribution in [-0.4, -0.2) is 17.6 Å². The third kappa shape index (κ3) is 2.75. The molecule has 0 saturated carbocycles. The van der Waals surface area contributed by atoms with Crippen molar-refractivity contribution in [3.63, 3.8) is 0 Å². The fourth-order valence-electron chi connectivity index (χ4n) is 2.86. The van der Waals surface area contributed by atoms with Gasteiger partial charge in [0, 0.05) is 18.8 Å². The molecule has 1 N–H and O–H groups in total. The smallest absolute Gasteiger partial charge is 0.311 e. The summed E-state index contributed by atoms with van der Waals surface area (Å²) in [7, 11) is 0. The number of halogens is 1. The van der Waals surface area contributed by atoms with E-state index in [4.69, 9.17) is 0 Å². The van der Waals surface area contributed by atoms with Crippen molar-refractivity contribution in [2.75, 3.05) is 11.4 Å². The van der Waals surface area contributed by atoms with Crippen LogP contribution in [0.25, 0.3) is 0 Å². The van der Waals surface area contributed by atoms with Gasteiger partial charge in [-0.05, 0) is 35.7 Å². The maximum atomic E-state index is 13.0. The molecule has 1 unspecified atom stereocenters. The first-order valence-corrected chi connectivity index (χ1v) is 6.96. The Kier molecular flexibility index (Phi) is 3.60. The third-order valence-corrected chi connectivity index (χ3v) is 3.93. The third-order valence-electron chi connectivity index (χ3n) is 3.93. The van der Waals surface area contributed by atoms with E-state index >= 15 is 0 Å². The number of aliphatic carboxylic acids is 1. The van der Waals surface area contributed by atoms with Crippen molar-refractivity contribution in [2.24, 2.45) is 0 Å². The van der Waals surface area contributed by atoms with Crippen molar-refractivity contribution >= 4 is 11.7 Å². The zero-order chi connectivity index (χ0) is 14.8. The molecule has 1 aliphatic rings. The predicted octanol–water partition coefficient (Wildman–Crippen LogP) is 3.40. The van der Waals surface area contributed by atoms with Crippen molar-refractivity contribution in [1.82, 2.24) is 0 Å². The summed E-state index contributed by atoms with van der Waals surface area (Å²) in [5, 5.41) is 9.33. The first-order valence-electron chi connectivity index (χ1n) is 6.96. The summed E-state index contributed by atoms with van der Waals surface area (Å²) in [5.41, 5.74) is 2.83. The minimum Gasteiger partial charge on any atom is -0.481 e. The molecule has 3 rings (SSSR count). The SMILES string of the molecule is O=C(O)C1CCN(Cc2ccc(F)cc2)c2ccccc21.